The molecule has 0 saturated heterocycles. The van der Waals surface area contributed by atoms with Crippen molar-refractivity contribution in [3.8, 4) is 5.75 Å². The van der Waals surface area contributed by atoms with Crippen LogP contribution >= 0.6 is 23.2 Å². The van der Waals surface area contributed by atoms with Crippen molar-refractivity contribution >= 4 is 46.4 Å². The fraction of sp³-hybridized carbons (Fsp3) is 0.167. The molecule has 0 unspecified atom stereocenters. The first-order chi connectivity index (χ1) is 11.6. The Kier molecular flexibility index (Phi) is 5.09. The molecule has 0 saturated carbocycles. The standard InChI is InChI=1S/C18H15Cl2NO3/c19-12-3-5-17(24-7-1-6-22)11(8-12)9-15-14-4-2-13(20)10-16(14)21-18(15)23/h2-5,8-10,22H,1,6-7H2,(H,21,23)/b15-9-. The summed E-state index contributed by atoms with van der Waals surface area (Å²) in [5.41, 5.74) is 2.69. The maximum Gasteiger partial charge on any atom is 0.256 e. The van der Waals surface area contributed by atoms with Crippen molar-refractivity contribution in [3.63, 3.8) is 0 Å². The van der Waals surface area contributed by atoms with E-state index in [1.54, 1.807) is 42.5 Å². The summed E-state index contributed by atoms with van der Waals surface area (Å²) >= 11 is 12.0. The summed E-state index contributed by atoms with van der Waals surface area (Å²) < 4.78 is 5.67. The molecule has 6 heteroatoms. The van der Waals surface area contributed by atoms with Gasteiger partial charge in [-0.3, -0.25) is 4.79 Å². The fourth-order valence-corrected chi connectivity index (χ4v) is 2.83. The van der Waals surface area contributed by atoms with Gasteiger partial charge < -0.3 is 15.2 Å². The van der Waals surface area contributed by atoms with Gasteiger partial charge in [0.2, 0.25) is 0 Å². The van der Waals surface area contributed by atoms with E-state index in [0.29, 0.717) is 45.6 Å². The maximum atomic E-state index is 12.3. The Morgan fingerprint density at radius 1 is 1.12 bits per heavy atom. The maximum absolute atomic E-state index is 12.3. The van der Waals surface area contributed by atoms with Gasteiger partial charge in [0, 0.05) is 39.8 Å². The van der Waals surface area contributed by atoms with Crippen LogP contribution < -0.4 is 10.1 Å². The first-order valence-electron chi connectivity index (χ1n) is 7.44. The van der Waals surface area contributed by atoms with Crippen molar-refractivity contribution in [3.05, 3.63) is 57.6 Å². The minimum Gasteiger partial charge on any atom is -0.493 e. The molecule has 1 aliphatic rings. The number of carbonyl (C=O) groups is 1. The Morgan fingerprint density at radius 3 is 2.67 bits per heavy atom. The van der Waals surface area contributed by atoms with E-state index in [4.69, 9.17) is 33.0 Å². The van der Waals surface area contributed by atoms with E-state index in [9.17, 15) is 4.79 Å². The summed E-state index contributed by atoms with van der Waals surface area (Å²) in [5, 5.41) is 12.8. The van der Waals surface area contributed by atoms with Crippen LogP contribution in [0.2, 0.25) is 10.0 Å². The average Bonchev–Trinajstić information content (AvgIpc) is 2.84. The molecular weight excluding hydrogens is 349 g/mol. The highest BCUT2D eigenvalue weighted by atomic mass is 35.5. The third-order valence-electron chi connectivity index (χ3n) is 3.60. The Morgan fingerprint density at radius 2 is 1.88 bits per heavy atom. The number of hydrogen-bond donors (Lipinski definition) is 2. The van der Waals surface area contributed by atoms with Crippen molar-refractivity contribution < 1.29 is 14.6 Å². The predicted octanol–water partition coefficient (Wildman–Crippen LogP) is 4.25. The number of hydrogen-bond acceptors (Lipinski definition) is 3. The zero-order valence-electron chi connectivity index (χ0n) is 12.7. The Bertz CT molecular complexity index is 818. The number of ether oxygens (including phenoxy) is 1. The van der Waals surface area contributed by atoms with E-state index < -0.39 is 0 Å². The highest BCUT2D eigenvalue weighted by Gasteiger charge is 2.24. The third kappa shape index (κ3) is 3.56. The van der Waals surface area contributed by atoms with Crippen LogP contribution in [-0.4, -0.2) is 24.2 Å². The number of fused-ring (bicyclic) bond motifs is 1. The Balaban J connectivity index is 1.99. The quantitative estimate of drug-likeness (QED) is 0.616. The molecule has 1 amide bonds. The van der Waals surface area contributed by atoms with E-state index in [0.717, 1.165) is 5.56 Å². The number of nitrogens with one attached hydrogen (secondary N) is 1. The van der Waals surface area contributed by atoms with Crippen molar-refractivity contribution in [2.75, 3.05) is 18.5 Å². The predicted molar refractivity (Wildman–Crippen MR) is 96.6 cm³/mol. The topological polar surface area (TPSA) is 58.6 Å². The summed E-state index contributed by atoms with van der Waals surface area (Å²) in [5.74, 6) is 0.407. The molecule has 2 aromatic rings. The number of aliphatic hydroxyl groups excluding tert-OH is 1. The van der Waals surface area contributed by atoms with Gasteiger partial charge in [0.25, 0.3) is 5.91 Å². The minimum atomic E-state index is -0.200. The number of rotatable bonds is 5. The van der Waals surface area contributed by atoms with Gasteiger partial charge in [-0.15, -0.1) is 0 Å². The molecule has 0 fully saturated rings. The summed E-state index contributed by atoms with van der Waals surface area (Å²) in [4.78, 5) is 12.3. The number of carbonyl (C=O) groups excluding carboxylic acids is 1. The van der Waals surface area contributed by atoms with Crippen LogP contribution in [-0.2, 0) is 4.79 Å². The van der Waals surface area contributed by atoms with E-state index in [1.165, 1.54) is 0 Å². The van der Waals surface area contributed by atoms with E-state index in [-0.39, 0.29) is 12.5 Å². The molecule has 1 heterocycles. The molecule has 0 atom stereocenters. The minimum absolute atomic E-state index is 0.0561. The molecule has 2 N–H and O–H groups in total. The molecule has 0 aromatic heterocycles. The van der Waals surface area contributed by atoms with Gasteiger partial charge in [-0.1, -0.05) is 29.3 Å². The number of anilines is 1. The molecule has 2 aromatic carbocycles. The van der Waals surface area contributed by atoms with Crippen LogP contribution in [0.5, 0.6) is 5.75 Å². The lowest BCUT2D eigenvalue weighted by Crippen LogP contribution is -2.04. The van der Waals surface area contributed by atoms with Gasteiger partial charge in [0.15, 0.2) is 0 Å². The van der Waals surface area contributed by atoms with Crippen molar-refractivity contribution in [1.29, 1.82) is 0 Å². The van der Waals surface area contributed by atoms with Crippen molar-refractivity contribution in [1.82, 2.24) is 0 Å². The SMILES string of the molecule is O=C1Nc2cc(Cl)ccc2/C1=C/c1cc(Cl)ccc1OCCCO. The Labute approximate surface area is 149 Å². The molecule has 0 aliphatic carbocycles. The molecule has 1 aliphatic heterocycles. The average molecular weight is 364 g/mol. The third-order valence-corrected chi connectivity index (χ3v) is 4.07. The summed E-state index contributed by atoms with van der Waals surface area (Å²) in [6, 6.07) is 10.5. The van der Waals surface area contributed by atoms with Gasteiger partial charge in [-0.2, -0.15) is 0 Å². The lowest BCUT2D eigenvalue weighted by atomic mass is 10.0. The zero-order valence-corrected chi connectivity index (χ0v) is 14.2. The first kappa shape index (κ1) is 16.8. The fourth-order valence-electron chi connectivity index (χ4n) is 2.48. The van der Waals surface area contributed by atoms with Crippen LogP contribution in [0.1, 0.15) is 17.5 Å². The van der Waals surface area contributed by atoms with Crippen LogP contribution in [0.4, 0.5) is 5.69 Å². The second kappa shape index (κ2) is 7.26. The molecule has 3 rings (SSSR count). The van der Waals surface area contributed by atoms with Gasteiger partial charge in [0.05, 0.1) is 12.3 Å². The van der Waals surface area contributed by atoms with Crippen LogP contribution in [0.25, 0.3) is 11.6 Å². The normalized spacial score (nSPS) is 14.6. The second-order valence-corrected chi connectivity index (χ2v) is 6.18. The highest BCUT2D eigenvalue weighted by Crippen LogP contribution is 2.36. The molecule has 0 radical (unpaired) electrons. The lowest BCUT2D eigenvalue weighted by molar-refractivity contribution is -0.110. The summed E-state index contributed by atoms with van der Waals surface area (Å²) in [7, 11) is 0. The van der Waals surface area contributed by atoms with Crippen molar-refractivity contribution in [2.24, 2.45) is 0 Å². The van der Waals surface area contributed by atoms with E-state index >= 15 is 0 Å². The van der Waals surface area contributed by atoms with Crippen molar-refractivity contribution in [2.45, 2.75) is 6.42 Å². The van der Waals surface area contributed by atoms with Gasteiger partial charge >= 0.3 is 0 Å². The smallest absolute Gasteiger partial charge is 0.256 e. The second-order valence-electron chi connectivity index (χ2n) is 5.31. The molecule has 0 bridgehead atoms. The van der Waals surface area contributed by atoms with Gasteiger partial charge in [-0.05, 0) is 36.4 Å². The van der Waals surface area contributed by atoms with Gasteiger partial charge in [0.1, 0.15) is 5.75 Å². The molecular formula is C18H15Cl2NO3. The van der Waals surface area contributed by atoms with E-state index in [2.05, 4.69) is 5.32 Å². The summed E-state index contributed by atoms with van der Waals surface area (Å²) in [6.07, 6.45) is 2.27. The molecule has 0 spiro atoms. The van der Waals surface area contributed by atoms with Crippen LogP contribution in [0.15, 0.2) is 36.4 Å². The number of halogens is 2. The van der Waals surface area contributed by atoms with Crippen LogP contribution in [0.3, 0.4) is 0 Å². The largest absolute Gasteiger partial charge is 0.493 e. The molecule has 24 heavy (non-hydrogen) atoms. The number of benzene rings is 2. The first-order valence-corrected chi connectivity index (χ1v) is 8.20. The lowest BCUT2D eigenvalue weighted by Gasteiger charge is -2.10. The van der Waals surface area contributed by atoms with E-state index in [1.807, 2.05) is 0 Å². The number of aliphatic hydroxyl groups is 1. The number of amides is 1. The van der Waals surface area contributed by atoms with Gasteiger partial charge in [-0.25, -0.2) is 0 Å². The Hall–Kier alpha value is -2.01. The summed E-state index contributed by atoms with van der Waals surface area (Å²) in [6.45, 7) is 0.438. The molecule has 4 nitrogen and oxygen atoms in total. The monoisotopic (exact) mass is 363 g/mol. The van der Waals surface area contributed by atoms with Crippen LogP contribution in [0, 0.1) is 0 Å². The zero-order chi connectivity index (χ0) is 17.1. The molecule has 124 valence electrons. The highest BCUT2D eigenvalue weighted by molar-refractivity contribution is 6.37.